The molecule has 3 aromatic rings. The number of hydrogen-bond donors (Lipinski definition) is 0. The number of halogens is 1. The number of carbonyl (C=O) groups excluding carboxylic acids is 1. The lowest BCUT2D eigenvalue weighted by atomic mass is 10.1. The molecule has 20 heavy (non-hydrogen) atoms. The van der Waals surface area contributed by atoms with Gasteiger partial charge in [0.2, 0.25) is 5.78 Å². The first-order valence-electron chi connectivity index (χ1n) is 5.91. The van der Waals surface area contributed by atoms with Crippen molar-refractivity contribution in [2.75, 3.05) is 7.11 Å². The molecule has 0 aliphatic carbocycles. The zero-order valence-electron chi connectivity index (χ0n) is 10.6. The number of hydrogen-bond acceptors (Lipinski definition) is 4. The smallest absolute Gasteiger partial charge is 0.228 e. The van der Waals surface area contributed by atoms with Crippen LogP contribution in [0.1, 0.15) is 16.1 Å². The number of carbonyl (C=O) groups is 1. The van der Waals surface area contributed by atoms with E-state index in [1.165, 1.54) is 0 Å². The summed E-state index contributed by atoms with van der Waals surface area (Å²) in [6, 6.07) is 8.67. The summed E-state index contributed by atoms with van der Waals surface area (Å²) < 4.78 is 11.8. The Labute approximate surface area is 123 Å². The molecule has 0 aliphatic heterocycles. The van der Waals surface area contributed by atoms with Gasteiger partial charge >= 0.3 is 0 Å². The van der Waals surface area contributed by atoms with Crippen molar-refractivity contribution in [1.29, 1.82) is 0 Å². The summed E-state index contributed by atoms with van der Waals surface area (Å²) >= 11 is 3.44. The van der Waals surface area contributed by atoms with Crippen LogP contribution in [-0.4, -0.2) is 17.9 Å². The zero-order chi connectivity index (χ0) is 14.1. The van der Waals surface area contributed by atoms with Crippen molar-refractivity contribution in [3.05, 3.63) is 58.5 Å². The van der Waals surface area contributed by atoms with E-state index in [2.05, 4.69) is 20.9 Å². The van der Waals surface area contributed by atoms with Gasteiger partial charge in [-0.05, 0) is 30.3 Å². The molecular formula is C15H10BrNO3. The number of ether oxygens (including phenoxy) is 1. The topological polar surface area (TPSA) is 52.3 Å². The first kappa shape index (κ1) is 12.9. The molecule has 0 saturated carbocycles. The number of furan rings is 1. The van der Waals surface area contributed by atoms with Crippen LogP contribution in [0.2, 0.25) is 0 Å². The molecule has 2 aromatic heterocycles. The van der Waals surface area contributed by atoms with Gasteiger partial charge in [0.15, 0.2) is 17.1 Å². The lowest BCUT2D eigenvalue weighted by molar-refractivity contribution is 0.101. The molecule has 0 N–H and O–H groups in total. The van der Waals surface area contributed by atoms with Gasteiger partial charge in [-0.1, -0.05) is 15.9 Å². The van der Waals surface area contributed by atoms with E-state index in [-0.39, 0.29) is 11.5 Å². The number of pyridine rings is 1. The lowest BCUT2D eigenvalue weighted by Gasteiger charge is -2.00. The van der Waals surface area contributed by atoms with E-state index in [9.17, 15) is 4.79 Å². The van der Waals surface area contributed by atoms with E-state index in [4.69, 9.17) is 9.15 Å². The minimum Gasteiger partial charge on any atom is -0.493 e. The summed E-state index contributed by atoms with van der Waals surface area (Å²) in [6.45, 7) is 0. The molecule has 0 amide bonds. The molecule has 0 saturated heterocycles. The molecule has 0 spiro atoms. The van der Waals surface area contributed by atoms with Crippen molar-refractivity contribution < 1.29 is 13.9 Å². The van der Waals surface area contributed by atoms with E-state index in [1.807, 2.05) is 6.07 Å². The SMILES string of the molecule is COc1ccc(Br)c2cc(C(=O)c3ccncc3)oc12. The molecular weight excluding hydrogens is 322 g/mol. The second kappa shape index (κ2) is 5.09. The Morgan fingerprint density at radius 2 is 2.00 bits per heavy atom. The lowest BCUT2D eigenvalue weighted by Crippen LogP contribution is -1.98. The molecule has 0 radical (unpaired) electrons. The van der Waals surface area contributed by atoms with Crippen molar-refractivity contribution in [2.24, 2.45) is 0 Å². The van der Waals surface area contributed by atoms with Gasteiger partial charge in [-0.3, -0.25) is 9.78 Å². The second-order valence-electron chi connectivity index (χ2n) is 4.17. The Morgan fingerprint density at radius 3 is 2.70 bits per heavy atom. The average molecular weight is 332 g/mol. The normalized spacial score (nSPS) is 10.7. The van der Waals surface area contributed by atoms with E-state index < -0.39 is 0 Å². The predicted molar refractivity (Wildman–Crippen MR) is 78.1 cm³/mol. The molecule has 2 heterocycles. The maximum atomic E-state index is 12.3. The molecule has 100 valence electrons. The fourth-order valence-electron chi connectivity index (χ4n) is 1.98. The Hall–Kier alpha value is -2.14. The van der Waals surface area contributed by atoms with Gasteiger partial charge in [0.1, 0.15) is 0 Å². The fraction of sp³-hybridized carbons (Fsp3) is 0.0667. The predicted octanol–water partition coefficient (Wildman–Crippen LogP) is 3.83. The molecule has 0 bridgehead atoms. The van der Waals surface area contributed by atoms with Gasteiger partial charge in [0, 0.05) is 27.8 Å². The molecule has 0 unspecified atom stereocenters. The number of methoxy groups -OCH3 is 1. The third-order valence-electron chi connectivity index (χ3n) is 2.98. The summed E-state index contributed by atoms with van der Waals surface area (Å²) in [6.07, 6.45) is 3.15. The highest BCUT2D eigenvalue weighted by atomic mass is 79.9. The standard InChI is InChI=1S/C15H10BrNO3/c1-19-12-3-2-11(16)10-8-13(20-15(10)12)14(18)9-4-6-17-7-5-9/h2-8H,1H3. The number of benzene rings is 1. The zero-order valence-corrected chi connectivity index (χ0v) is 12.2. The van der Waals surface area contributed by atoms with E-state index >= 15 is 0 Å². The summed E-state index contributed by atoms with van der Waals surface area (Å²) in [5, 5.41) is 0.807. The molecule has 0 atom stereocenters. The van der Waals surface area contributed by atoms with Crippen LogP contribution in [0.4, 0.5) is 0 Å². The van der Waals surface area contributed by atoms with Crippen molar-refractivity contribution in [3.8, 4) is 5.75 Å². The van der Waals surface area contributed by atoms with Crippen molar-refractivity contribution in [2.45, 2.75) is 0 Å². The monoisotopic (exact) mass is 331 g/mol. The van der Waals surface area contributed by atoms with Crippen LogP contribution in [0.25, 0.3) is 11.0 Å². The highest BCUT2D eigenvalue weighted by Gasteiger charge is 2.18. The highest BCUT2D eigenvalue weighted by molar-refractivity contribution is 9.10. The van der Waals surface area contributed by atoms with Gasteiger partial charge in [-0.15, -0.1) is 0 Å². The largest absolute Gasteiger partial charge is 0.493 e. The molecule has 1 aromatic carbocycles. The van der Waals surface area contributed by atoms with Gasteiger partial charge in [-0.2, -0.15) is 0 Å². The number of fused-ring (bicyclic) bond motifs is 1. The number of ketones is 1. The first-order chi connectivity index (χ1) is 9.70. The molecule has 0 fully saturated rings. The average Bonchev–Trinajstić information content (AvgIpc) is 2.94. The second-order valence-corrected chi connectivity index (χ2v) is 5.02. The van der Waals surface area contributed by atoms with Crippen LogP contribution < -0.4 is 4.74 Å². The van der Waals surface area contributed by atoms with E-state index in [0.29, 0.717) is 16.9 Å². The Kier molecular flexibility index (Phi) is 3.28. The van der Waals surface area contributed by atoms with Crippen molar-refractivity contribution in [3.63, 3.8) is 0 Å². The quantitative estimate of drug-likeness (QED) is 0.684. The van der Waals surface area contributed by atoms with Gasteiger partial charge in [-0.25, -0.2) is 0 Å². The number of aromatic nitrogens is 1. The Bertz CT molecular complexity index is 780. The number of rotatable bonds is 3. The molecule has 4 nitrogen and oxygen atoms in total. The maximum absolute atomic E-state index is 12.3. The van der Waals surface area contributed by atoms with Gasteiger partial charge < -0.3 is 9.15 Å². The number of nitrogens with zero attached hydrogens (tertiary/aromatic N) is 1. The Morgan fingerprint density at radius 1 is 1.25 bits per heavy atom. The molecule has 0 aliphatic rings. The minimum atomic E-state index is -0.183. The van der Waals surface area contributed by atoms with Gasteiger partial charge in [0.05, 0.1) is 7.11 Å². The van der Waals surface area contributed by atoms with Crippen LogP contribution in [0.5, 0.6) is 5.75 Å². The summed E-state index contributed by atoms with van der Waals surface area (Å²) in [5.41, 5.74) is 1.09. The summed E-state index contributed by atoms with van der Waals surface area (Å²) in [5.74, 6) is 0.686. The first-order valence-corrected chi connectivity index (χ1v) is 6.71. The summed E-state index contributed by atoms with van der Waals surface area (Å²) in [4.78, 5) is 16.2. The van der Waals surface area contributed by atoms with E-state index in [1.54, 1.807) is 43.8 Å². The van der Waals surface area contributed by atoms with Crippen molar-refractivity contribution in [1.82, 2.24) is 4.98 Å². The fourth-order valence-corrected chi connectivity index (χ4v) is 2.41. The van der Waals surface area contributed by atoms with Crippen LogP contribution in [-0.2, 0) is 0 Å². The minimum absolute atomic E-state index is 0.183. The maximum Gasteiger partial charge on any atom is 0.228 e. The third-order valence-corrected chi connectivity index (χ3v) is 3.67. The highest BCUT2D eigenvalue weighted by Crippen LogP contribution is 2.34. The van der Waals surface area contributed by atoms with Gasteiger partial charge in [0.25, 0.3) is 0 Å². The summed E-state index contributed by atoms with van der Waals surface area (Å²) in [7, 11) is 1.57. The van der Waals surface area contributed by atoms with Crippen molar-refractivity contribution >= 4 is 32.7 Å². The molecule has 3 rings (SSSR count). The Balaban J connectivity index is 2.14. The van der Waals surface area contributed by atoms with Crippen LogP contribution in [0.15, 0.2) is 51.6 Å². The van der Waals surface area contributed by atoms with Crippen LogP contribution in [0, 0.1) is 0 Å². The molecule has 5 heteroatoms. The van der Waals surface area contributed by atoms with E-state index in [0.717, 1.165) is 9.86 Å². The van der Waals surface area contributed by atoms with Crippen LogP contribution >= 0.6 is 15.9 Å². The third kappa shape index (κ3) is 2.10. The van der Waals surface area contributed by atoms with Crippen LogP contribution in [0.3, 0.4) is 0 Å².